The number of carboxylic acids is 1. The maximum absolute atomic E-state index is 12.0. The lowest BCUT2D eigenvalue weighted by molar-refractivity contribution is 0.0698. The molecule has 0 bridgehead atoms. The number of nitrogens with one attached hydrogen (secondary N) is 1. The van der Waals surface area contributed by atoms with E-state index in [1.807, 2.05) is 0 Å². The molecule has 20 heavy (non-hydrogen) atoms. The SMILES string of the molecule is COc1ccc(C(=O)O)c(NC(=O)c2occc2C)c1. The van der Waals surface area contributed by atoms with Gasteiger partial charge in [0, 0.05) is 11.6 Å². The Bertz CT molecular complexity index is 659. The zero-order chi connectivity index (χ0) is 14.7. The van der Waals surface area contributed by atoms with Crippen molar-refractivity contribution in [3.05, 3.63) is 47.4 Å². The van der Waals surface area contributed by atoms with E-state index in [1.165, 1.54) is 31.6 Å². The van der Waals surface area contributed by atoms with Gasteiger partial charge in [0.05, 0.1) is 24.6 Å². The Kier molecular flexibility index (Phi) is 3.74. The molecular formula is C14H13NO5. The summed E-state index contributed by atoms with van der Waals surface area (Å²) in [5, 5.41) is 11.6. The number of benzene rings is 1. The van der Waals surface area contributed by atoms with Crippen LogP contribution in [-0.2, 0) is 0 Å². The van der Waals surface area contributed by atoms with Crippen LogP contribution in [0, 0.1) is 6.92 Å². The number of aromatic carboxylic acids is 1. The number of carboxylic acid groups (broad SMARTS) is 1. The highest BCUT2D eigenvalue weighted by Gasteiger charge is 2.17. The van der Waals surface area contributed by atoms with Crippen molar-refractivity contribution < 1.29 is 23.8 Å². The minimum Gasteiger partial charge on any atom is -0.497 e. The molecule has 6 nitrogen and oxygen atoms in total. The fraction of sp³-hybridized carbons (Fsp3) is 0.143. The molecule has 0 atom stereocenters. The third kappa shape index (κ3) is 2.64. The Morgan fingerprint density at radius 2 is 2.05 bits per heavy atom. The van der Waals surface area contributed by atoms with Crippen LogP contribution in [-0.4, -0.2) is 24.1 Å². The second kappa shape index (κ2) is 5.48. The van der Waals surface area contributed by atoms with Gasteiger partial charge in [0.25, 0.3) is 5.91 Å². The smallest absolute Gasteiger partial charge is 0.337 e. The second-order valence-corrected chi connectivity index (χ2v) is 4.10. The van der Waals surface area contributed by atoms with Gasteiger partial charge in [-0.05, 0) is 25.1 Å². The van der Waals surface area contributed by atoms with Crippen LogP contribution in [0.3, 0.4) is 0 Å². The summed E-state index contributed by atoms with van der Waals surface area (Å²) in [7, 11) is 1.46. The summed E-state index contributed by atoms with van der Waals surface area (Å²) in [5.41, 5.74) is 0.795. The van der Waals surface area contributed by atoms with E-state index in [0.29, 0.717) is 11.3 Å². The van der Waals surface area contributed by atoms with Gasteiger partial charge in [0.2, 0.25) is 0 Å². The van der Waals surface area contributed by atoms with Crippen molar-refractivity contribution in [3.8, 4) is 5.75 Å². The number of hydrogen-bond donors (Lipinski definition) is 2. The average Bonchev–Trinajstić information content (AvgIpc) is 2.84. The van der Waals surface area contributed by atoms with Crippen molar-refractivity contribution in [1.82, 2.24) is 0 Å². The van der Waals surface area contributed by atoms with Gasteiger partial charge in [-0.3, -0.25) is 4.79 Å². The molecule has 0 unspecified atom stereocenters. The van der Waals surface area contributed by atoms with Crippen LogP contribution in [0.25, 0.3) is 0 Å². The number of aryl methyl sites for hydroxylation is 1. The molecule has 6 heteroatoms. The van der Waals surface area contributed by atoms with Crippen LogP contribution in [0.2, 0.25) is 0 Å². The van der Waals surface area contributed by atoms with E-state index in [2.05, 4.69) is 5.32 Å². The van der Waals surface area contributed by atoms with Crippen molar-refractivity contribution >= 4 is 17.6 Å². The lowest BCUT2D eigenvalue weighted by atomic mass is 10.1. The molecule has 0 aliphatic rings. The van der Waals surface area contributed by atoms with Crippen molar-refractivity contribution in [1.29, 1.82) is 0 Å². The fourth-order valence-electron chi connectivity index (χ4n) is 1.72. The van der Waals surface area contributed by atoms with Gasteiger partial charge < -0.3 is 19.6 Å². The number of rotatable bonds is 4. The first kappa shape index (κ1) is 13.7. The molecule has 1 aromatic heterocycles. The van der Waals surface area contributed by atoms with Gasteiger partial charge in [0.1, 0.15) is 5.75 Å². The quantitative estimate of drug-likeness (QED) is 0.895. The van der Waals surface area contributed by atoms with E-state index in [0.717, 1.165) is 0 Å². The van der Waals surface area contributed by atoms with Gasteiger partial charge in [-0.1, -0.05) is 0 Å². The Labute approximate surface area is 115 Å². The minimum absolute atomic E-state index is 0.0247. The molecule has 2 aromatic rings. The molecule has 1 amide bonds. The van der Waals surface area contributed by atoms with Crippen molar-refractivity contribution in [2.24, 2.45) is 0 Å². The third-order valence-corrected chi connectivity index (χ3v) is 2.77. The number of anilines is 1. The molecule has 0 saturated carbocycles. The lowest BCUT2D eigenvalue weighted by Gasteiger charge is -2.09. The topological polar surface area (TPSA) is 88.8 Å². The van der Waals surface area contributed by atoms with Crippen LogP contribution in [0.5, 0.6) is 5.75 Å². The summed E-state index contributed by atoms with van der Waals surface area (Å²) in [6, 6.07) is 5.97. The van der Waals surface area contributed by atoms with E-state index < -0.39 is 11.9 Å². The van der Waals surface area contributed by atoms with Gasteiger partial charge in [0.15, 0.2) is 5.76 Å². The highest BCUT2D eigenvalue weighted by atomic mass is 16.5. The number of amides is 1. The number of hydrogen-bond acceptors (Lipinski definition) is 4. The molecule has 1 heterocycles. The van der Waals surface area contributed by atoms with Crippen LogP contribution in [0.1, 0.15) is 26.5 Å². The summed E-state index contributed by atoms with van der Waals surface area (Å²) in [6.07, 6.45) is 1.40. The molecule has 0 fully saturated rings. The van der Waals surface area contributed by atoms with Crippen LogP contribution < -0.4 is 10.1 Å². The molecule has 0 spiro atoms. The summed E-state index contributed by atoms with van der Waals surface area (Å²) in [6.45, 7) is 1.72. The standard InChI is InChI=1S/C14H13NO5/c1-8-5-6-20-12(8)13(16)15-11-7-9(19-2)3-4-10(11)14(17)18/h3-7H,1-2H3,(H,15,16)(H,17,18). The maximum Gasteiger partial charge on any atom is 0.337 e. The van der Waals surface area contributed by atoms with Crippen molar-refractivity contribution in [3.63, 3.8) is 0 Å². The van der Waals surface area contributed by atoms with Crippen molar-refractivity contribution in [2.45, 2.75) is 6.92 Å². The first-order valence-corrected chi connectivity index (χ1v) is 5.79. The zero-order valence-corrected chi connectivity index (χ0v) is 11.0. The predicted molar refractivity (Wildman–Crippen MR) is 71.4 cm³/mol. The number of ether oxygens (including phenoxy) is 1. The number of methoxy groups -OCH3 is 1. The molecule has 0 saturated heterocycles. The summed E-state index contributed by atoms with van der Waals surface area (Å²) >= 11 is 0. The monoisotopic (exact) mass is 275 g/mol. The first-order chi connectivity index (χ1) is 9.52. The molecular weight excluding hydrogens is 262 g/mol. The summed E-state index contributed by atoms with van der Waals surface area (Å²) < 4.78 is 10.1. The van der Waals surface area contributed by atoms with Gasteiger partial charge in [-0.2, -0.15) is 0 Å². The van der Waals surface area contributed by atoms with Gasteiger partial charge in [-0.25, -0.2) is 4.79 Å². The van der Waals surface area contributed by atoms with Crippen LogP contribution in [0.4, 0.5) is 5.69 Å². The molecule has 1 aromatic carbocycles. The van der Waals surface area contributed by atoms with Gasteiger partial charge >= 0.3 is 5.97 Å². The van der Waals surface area contributed by atoms with Crippen molar-refractivity contribution in [2.75, 3.05) is 12.4 Å². The highest BCUT2D eigenvalue weighted by Crippen LogP contribution is 2.23. The maximum atomic E-state index is 12.0. The molecule has 0 aliphatic heterocycles. The van der Waals surface area contributed by atoms with E-state index >= 15 is 0 Å². The van der Waals surface area contributed by atoms with E-state index in [1.54, 1.807) is 13.0 Å². The minimum atomic E-state index is -1.14. The van der Waals surface area contributed by atoms with Crippen LogP contribution >= 0.6 is 0 Å². The lowest BCUT2D eigenvalue weighted by Crippen LogP contribution is -2.15. The Hall–Kier alpha value is -2.76. The fourth-order valence-corrected chi connectivity index (χ4v) is 1.72. The molecule has 0 radical (unpaired) electrons. The number of carbonyl (C=O) groups excluding carboxylic acids is 1. The summed E-state index contributed by atoms with van der Waals surface area (Å²) in [5.74, 6) is -1.06. The Morgan fingerprint density at radius 3 is 2.60 bits per heavy atom. The molecule has 104 valence electrons. The normalized spacial score (nSPS) is 10.1. The number of carbonyl (C=O) groups is 2. The molecule has 0 aliphatic carbocycles. The van der Waals surface area contributed by atoms with E-state index in [-0.39, 0.29) is 17.0 Å². The number of furan rings is 1. The van der Waals surface area contributed by atoms with Gasteiger partial charge in [-0.15, -0.1) is 0 Å². The Balaban J connectivity index is 2.34. The summed E-state index contributed by atoms with van der Waals surface area (Å²) in [4.78, 5) is 23.2. The first-order valence-electron chi connectivity index (χ1n) is 5.79. The molecule has 2 rings (SSSR count). The Morgan fingerprint density at radius 1 is 1.30 bits per heavy atom. The third-order valence-electron chi connectivity index (χ3n) is 2.77. The second-order valence-electron chi connectivity index (χ2n) is 4.10. The predicted octanol–water partition coefficient (Wildman–Crippen LogP) is 2.55. The molecule has 2 N–H and O–H groups in total. The average molecular weight is 275 g/mol. The van der Waals surface area contributed by atoms with E-state index in [4.69, 9.17) is 14.3 Å². The highest BCUT2D eigenvalue weighted by molar-refractivity contribution is 6.07. The zero-order valence-electron chi connectivity index (χ0n) is 11.0. The van der Waals surface area contributed by atoms with Crippen LogP contribution in [0.15, 0.2) is 34.9 Å². The van der Waals surface area contributed by atoms with E-state index in [9.17, 15) is 9.59 Å². The largest absolute Gasteiger partial charge is 0.497 e.